The van der Waals surface area contributed by atoms with Gasteiger partial charge < -0.3 is 9.47 Å². The van der Waals surface area contributed by atoms with E-state index in [-0.39, 0.29) is 11.9 Å². The molecule has 1 aromatic carbocycles. The van der Waals surface area contributed by atoms with Gasteiger partial charge >= 0.3 is 0 Å². The molecule has 1 amide bonds. The third-order valence-electron chi connectivity index (χ3n) is 3.43. The summed E-state index contributed by atoms with van der Waals surface area (Å²) in [6, 6.07) is 8.99. The van der Waals surface area contributed by atoms with E-state index in [0.717, 1.165) is 5.69 Å². The van der Waals surface area contributed by atoms with Crippen LogP contribution in [0.4, 0.5) is 0 Å². The van der Waals surface area contributed by atoms with Crippen LogP contribution in [0.15, 0.2) is 36.5 Å². The highest BCUT2D eigenvalue weighted by Crippen LogP contribution is 2.23. The standard InChI is InChI=1S/C16H18Cl2N2O/c1-11(2)20(10-13-5-4-8-19(13)3)16(21)14-7-6-12(17)9-15(14)18/h4-9,11H,10H2,1-3H3. The third-order valence-corrected chi connectivity index (χ3v) is 3.98. The molecule has 3 nitrogen and oxygen atoms in total. The fourth-order valence-corrected chi connectivity index (χ4v) is 2.63. The molecule has 0 aliphatic rings. The lowest BCUT2D eigenvalue weighted by Gasteiger charge is -2.27. The molecule has 5 heteroatoms. The molecule has 0 aliphatic heterocycles. The fourth-order valence-electron chi connectivity index (χ4n) is 2.14. The monoisotopic (exact) mass is 324 g/mol. The second-order valence-corrected chi connectivity index (χ2v) is 6.11. The van der Waals surface area contributed by atoms with Crippen molar-refractivity contribution in [2.75, 3.05) is 0 Å². The van der Waals surface area contributed by atoms with Crippen LogP contribution >= 0.6 is 23.2 Å². The summed E-state index contributed by atoms with van der Waals surface area (Å²) in [5.74, 6) is -0.0899. The van der Waals surface area contributed by atoms with Gasteiger partial charge in [0.15, 0.2) is 0 Å². The summed E-state index contributed by atoms with van der Waals surface area (Å²) in [5.41, 5.74) is 1.55. The van der Waals surface area contributed by atoms with E-state index >= 15 is 0 Å². The average molecular weight is 325 g/mol. The Bertz CT molecular complexity index is 649. The number of hydrogen-bond acceptors (Lipinski definition) is 1. The molecule has 21 heavy (non-hydrogen) atoms. The molecule has 1 heterocycles. The number of aromatic nitrogens is 1. The van der Waals surface area contributed by atoms with Crippen molar-refractivity contribution in [1.82, 2.24) is 9.47 Å². The summed E-state index contributed by atoms with van der Waals surface area (Å²) in [6.07, 6.45) is 1.97. The molecule has 1 aromatic heterocycles. The van der Waals surface area contributed by atoms with Crippen molar-refractivity contribution in [3.63, 3.8) is 0 Å². The lowest BCUT2D eigenvalue weighted by molar-refractivity contribution is 0.0686. The van der Waals surface area contributed by atoms with Gasteiger partial charge in [0.05, 0.1) is 17.1 Å². The van der Waals surface area contributed by atoms with Gasteiger partial charge in [-0.05, 0) is 44.2 Å². The molecule has 0 bridgehead atoms. The van der Waals surface area contributed by atoms with Crippen LogP contribution in [0, 0.1) is 0 Å². The van der Waals surface area contributed by atoms with Crippen LogP contribution in [0.2, 0.25) is 10.0 Å². The Morgan fingerprint density at radius 2 is 2.00 bits per heavy atom. The molecule has 2 aromatic rings. The first-order valence-electron chi connectivity index (χ1n) is 6.76. The van der Waals surface area contributed by atoms with E-state index in [2.05, 4.69) is 0 Å². The number of hydrogen-bond donors (Lipinski definition) is 0. The number of amides is 1. The van der Waals surface area contributed by atoms with E-state index in [1.807, 2.05) is 43.8 Å². The van der Waals surface area contributed by atoms with Crippen molar-refractivity contribution < 1.29 is 4.79 Å². The number of carbonyl (C=O) groups excluding carboxylic acids is 1. The minimum Gasteiger partial charge on any atom is -0.353 e. The number of benzene rings is 1. The molecular weight excluding hydrogens is 307 g/mol. The molecule has 0 radical (unpaired) electrons. The predicted molar refractivity (Wildman–Crippen MR) is 86.9 cm³/mol. The van der Waals surface area contributed by atoms with Gasteiger partial charge in [0.2, 0.25) is 0 Å². The lowest BCUT2D eigenvalue weighted by atomic mass is 10.1. The largest absolute Gasteiger partial charge is 0.353 e. The highest BCUT2D eigenvalue weighted by molar-refractivity contribution is 6.36. The number of rotatable bonds is 4. The Morgan fingerprint density at radius 3 is 2.52 bits per heavy atom. The second-order valence-electron chi connectivity index (χ2n) is 5.26. The maximum Gasteiger partial charge on any atom is 0.255 e. The highest BCUT2D eigenvalue weighted by Gasteiger charge is 2.22. The van der Waals surface area contributed by atoms with Gasteiger partial charge in [-0.25, -0.2) is 0 Å². The van der Waals surface area contributed by atoms with Crippen molar-refractivity contribution in [3.8, 4) is 0 Å². The maximum absolute atomic E-state index is 12.7. The zero-order valence-corrected chi connectivity index (χ0v) is 13.8. The zero-order valence-electron chi connectivity index (χ0n) is 12.3. The summed E-state index contributed by atoms with van der Waals surface area (Å²) in [7, 11) is 1.97. The van der Waals surface area contributed by atoms with E-state index in [0.29, 0.717) is 22.2 Å². The van der Waals surface area contributed by atoms with Crippen molar-refractivity contribution in [2.45, 2.75) is 26.4 Å². The molecule has 0 spiro atoms. The van der Waals surface area contributed by atoms with Crippen molar-refractivity contribution in [1.29, 1.82) is 0 Å². The van der Waals surface area contributed by atoms with Gasteiger partial charge in [-0.2, -0.15) is 0 Å². The molecule has 0 fully saturated rings. The summed E-state index contributed by atoms with van der Waals surface area (Å²) in [5, 5.41) is 0.903. The molecule has 2 rings (SSSR count). The van der Waals surface area contributed by atoms with E-state index in [1.54, 1.807) is 23.1 Å². The van der Waals surface area contributed by atoms with Gasteiger partial charge in [0.25, 0.3) is 5.91 Å². The molecule has 112 valence electrons. The molecule has 0 saturated heterocycles. The summed E-state index contributed by atoms with van der Waals surface area (Å²) in [4.78, 5) is 14.5. The average Bonchev–Trinajstić information content (AvgIpc) is 2.80. The Labute approximate surface area is 135 Å². The summed E-state index contributed by atoms with van der Waals surface area (Å²) in [6.45, 7) is 4.52. The topological polar surface area (TPSA) is 25.2 Å². The van der Waals surface area contributed by atoms with Crippen LogP contribution in [0.1, 0.15) is 29.9 Å². The smallest absolute Gasteiger partial charge is 0.255 e. The van der Waals surface area contributed by atoms with Crippen LogP contribution in [-0.4, -0.2) is 21.4 Å². The third kappa shape index (κ3) is 3.60. The highest BCUT2D eigenvalue weighted by atomic mass is 35.5. The number of aryl methyl sites for hydroxylation is 1. The molecule has 0 N–H and O–H groups in total. The van der Waals surface area contributed by atoms with Crippen molar-refractivity contribution >= 4 is 29.1 Å². The van der Waals surface area contributed by atoms with Crippen LogP contribution in [-0.2, 0) is 13.6 Å². The quantitative estimate of drug-likeness (QED) is 0.819. The van der Waals surface area contributed by atoms with Gasteiger partial charge in [0, 0.05) is 30.0 Å². The number of carbonyl (C=O) groups is 1. The Hall–Kier alpha value is -1.45. The van der Waals surface area contributed by atoms with Gasteiger partial charge in [-0.1, -0.05) is 23.2 Å². The SMILES string of the molecule is CC(C)N(Cc1cccn1C)C(=O)c1ccc(Cl)cc1Cl. The van der Waals surface area contributed by atoms with Gasteiger partial charge in [-0.3, -0.25) is 4.79 Å². The Kier molecular flexibility index (Phi) is 4.96. The maximum atomic E-state index is 12.7. The lowest BCUT2D eigenvalue weighted by Crippen LogP contribution is -2.37. The fraction of sp³-hybridized carbons (Fsp3) is 0.312. The minimum absolute atomic E-state index is 0.0687. The molecule has 0 aliphatic carbocycles. The molecule has 0 atom stereocenters. The second kappa shape index (κ2) is 6.54. The number of nitrogens with zero attached hydrogens (tertiary/aromatic N) is 2. The molecule has 0 unspecified atom stereocenters. The first kappa shape index (κ1) is 15.9. The first-order chi connectivity index (χ1) is 9.90. The van der Waals surface area contributed by atoms with E-state index in [9.17, 15) is 4.79 Å². The molecule has 0 saturated carbocycles. The molecular formula is C16H18Cl2N2O. The van der Waals surface area contributed by atoms with Crippen LogP contribution in [0.25, 0.3) is 0 Å². The summed E-state index contributed by atoms with van der Waals surface area (Å²) < 4.78 is 2.01. The normalized spacial score (nSPS) is 11.0. The van der Waals surface area contributed by atoms with E-state index < -0.39 is 0 Å². The van der Waals surface area contributed by atoms with Crippen molar-refractivity contribution in [3.05, 3.63) is 57.8 Å². The Morgan fingerprint density at radius 1 is 1.29 bits per heavy atom. The van der Waals surface area contributed by atoms with Crippen LogP contribution in [0.5, 0.6) is 0 Å². The van der Waals surface area contributed by atoms with Crippen LogP contribution in [0.3, 0.4) is 0 Å². The summed E-state index contributed by atoms with van der Waals surface area (Å²) >= 11 is 12.0. The van der Waals surface area contributed by atoms with Crippen LogP contribution < -0.4 is 0 Å². The Balaban J connectivity index is 2.29. The zero-order chi connectivity index (χ0) is 15.6. The van der Waals surface area contributed by atoms with E-state index in [1.165, 1.54) is 0 Å². The van der Waals surface area contributed by atoms with E-state index in [4.69, 9.17) is 23.2 Å². The van der Waals surface area contributed by atoms with Crippen molar-refractivity contribution in [2.24, 2.45) is 7.05 Å². The number of halogens is 2. The van der Waals surface area contributed by atoms with Gasteiger partial charge in [-0.15, -0.1) is 0 Å². The van der Waals surface area contributed by atoms with Gasteiger partial charge in [0.1, 0.15) is 0 Å². The predicted octanol–water partition coefficient (Wildman–Crippen LogP) is 4.38. The first-order valence-corrected chi connectivity index (χ1v) is 7.52. The minimum atomic E-state index is -0.0899.